The van der Waals surface area contributed by atoms with Gasteiger partial charge in [-0.15, -0.1) is 0 Å². The molecular formula is C71H56N6. The molecule has 6 heteroatoms. The van der Waals surface area contributed by atoms with E-state index in [2.05, 4.69) is 136 Å². The summed E-state index contributed by atoms with van der Waals surface area (Å²) < 4.78 is 93.8. The zero-order valence-electron chi connectivity index (χ0n) is 53.3. The molecule has 10 aromatic carbocycles. The Hall–Kier alpha value is -9.39. The minimum atomic E-state index is -0.514. The molecule has 77 heavy (non-hydrogen) atoms. The summed E-state index contributed by atoms with van der Waals surface area (Å²) in [6, 6.07) is 52.6. The number of hydrogen-bond acceptors (Lipinski definition) is 3. The molecule has 0 aliphatic rings. The Balaban J connectivity index is 1.09. The molecule has 0 amide bonds. The van der Waals surface area contributed by atoms with Crippen LogP contribution in [0.15, 0.2) is 230 Å². The highest BCUT2D eigenvalue weighted by molar-refractivity contribution is 6.13. The van der Waals surface area contributed by atoms with Gasteiger partial charge in [-0.1, -0.05) is 187 Å². The average Bonchev–Trinajstić information content (AvgIpc) is 1.70. The second-order valence-electron chi connectivity index (χ2n) is 21.8. The molecule has 370 valence electrons. The standard InChI is InChI=1S/C71H56N6/c1-70(2,3)49-35-39-63-57(43-49)51-25-13-17-29-59(51)75(63)61-31-19-15-27-53(61)67-72-68(54-28-16-20-32-62(54)76-60-30-18-14-26-52(60)58-44-50(71(4,5)6)36-40-64(58)76)74-69(73-67)77-65-37-33-47(45-21-9-7-10-22-45)41-55(65)56-42-48(34-38-66(56)77)46-23-11-8-12-24-46/h7-44H,1-6H3/i7D,8D,9D,10D,11D,12D,21D,22D,23D,24D. The van der Waals surface area contributed by atoms with Crippen LogP contribution in [0.3, 0.4) is 0 Å². The maximum atomic E-state index is 9.03. The SMILES string of the molecule is [2H]c1c([2H])c([2H])c(-c2ccc3c(c2)c2cc(-c4c([2H])c([2H])c([2H])c([2H])c4[2H])ccc2n3-c2nc(-c3ccccc3-n3c4ccccc4c4cc(C(C)(C)C)ccc43)nc(-c3ccccc3-n3c4ccccc4c4cc(C(C)(C)C)ccc43)n2)c([2H])c1[2H]. The van der Waals surface area contributed by atoms with Crippen LogP contribution in [-0.4, -0.2) is 28.7 Å². The van der Waals surface area contributed by atoms with Gasteiger partial charge in [0.15, 0.2) is 11.6 Å². The van der Waals surface area contributed by atoms with Crippen molar-refractivity contribution < 1.29 is 13.7 Å². The highest BCUT2D eigenvalue weighted by Gasteiger charge is 2.26. The summed E-state index contributed by atoms with van der Waals surface area (Å²) in [7, 11) is 0. The van der Waals surface area contributed by atoms with E-state index in [1.54, 1.807) is 24.3 Å². The summed E-state index contributed by atoms with van der Waals surface area (Å²) in [6.45, 7) is 13.3. The Bertz CT molecular complexity index is 4900. The van der Waals surface area contributed by atoms with E-state index in [-0.39, 0.29) is 52.1 Å². The number of nitrogens with zero attached hydrogens (tertiary/aromatic N) is 6. The van der Waals surface area contributed by atoms with Gasteiger partial charge in [0.2, 0.25) is 5.95 Å². The van der Waals surface area contributed by atoms with Gasteiger partial charge in [0, 0.05) is 43.4 Å². The Kier molecular flexibility index (Phi) is 8.36. The summed E-state index contributed by atoms with van der Waals surface area (Å²) in [5.74, 6) is 0.937. The molecule has 0 N–H and O–H groups in total. The van der Waals surface area contributed by atoms with Crippen molar-refractivity contribution in [1.82, 2.24) is 28.7 Å². The Labute approximate surface area is 462 Å². The Morgan fingerprint density at radius 2 is 0.688 bits per heavy atom. The van der Waals surface area contributed by atoms with Gasteiger partial charge in [-0.3, -0.25) is 4.57 Å². The van der Waals surface area contributed by atoms with E-state index in [0.717, 1.165) is 55.0 Å². The molecule has 0 saturated heterocycles. The molecule has 6 nitrogen and oxygen atoms in total. The van der Waals surface area contributed by atoms with E-state index in [0.29, 0.717) is 55.7 Å². The van der Waals surface area contributed by atoms with Crippen LogP contribution in [0.2, 0.25) is 0 Å². The fraction of sp³-hybridized carbons (Fsp3) is 0.113. The lowest BCUT2D eigenvalue weighted by Gasteiger charge is -2.20. The van der Waals surface area contributed by atoms with Crippen LogP contribution in [0.4, 0.5) is 0 Å². The second kappa shape index (κ2) is 17.6. The molecule has 0 aliphatic carbocycles. The van der Waals surface area contributed by atoms with Crippen molar-refractivity contribution >= 4 is 65.4 Å². The molecule has 0 atom stereocenters. The lowest BCUT2D eigenvalue weighted by atomic mass is 9.86. The van der Waals surface area contributed by atoms with Gasteiger partial charge in [-0.25, -0.2) is 4.98 Å². The van der Waals surface area contributed by atoms with Gasteiger partial charge >= 0.3 is 0 Å². The van der Waals surface area contributed by atoms with Gasteiger partial charge in [-0.05, 0) is 129 Å². The summed E-state index contributed by atoms with van der Waals surface area (Å²) >= 11 is 0. The summed E-state index contributed by atoms with van der Waals surface area (Å²) in [4.78, 5) is 16.6. The third-order valence-corrected chi connectivity index (χ3v) is 15.0. The smallest absolute Gasteiger partial charge is 0.238 e. The van der Waals surface area contributed by atoms with Crippen molar-refractivity contribution in [2.45, 2.75) is 52.4 Å². The molecule has 0 aliphatic heterocycles. The van der Waals surface area contributed by atoms with Gasteiger partial charge in [0.05, 0.1) is 58.2 Å². The van der Waals surface area contributed by atoms with E-state index in [1.807, 2.05) is 65.2 Å². The number of hydrogen-bond donors (Lipinski definition) is 0. The van der Waals surface area contributed by atoms with Gasteiger partial charge in [-0.2, -0.15) is 9.97 Å². The first-order valence-corrected chi connectivity index (χ1v) is 25.9. The summed E-state index contributed by atoms with van der Waals surface area (Å²) in [5.41, 5.74) is 11.1. The molecule has 0 saturated carbocycles. The molecular weight excluding hydrogens is 937 g/mol. The van der Waals surface area contributed by atoms with Crippen molar-refractivity contribution in [2.75, 3.05) is 0 Å². The zero-order chi connectivity index (χ0) is 60.9. The first kappa shape index (κ1) is 36.5. The van der Waals surface area contributed by atoms with Crippen LogP contribution >= 0.6 is 0 Å². The van der Waals surface area contributed by atoms with Crippen LogP contribution in [-0.2, 0) is 10.8 Å². The molecule has 14 rings (SSSR count). The normalized spacial score (nSPS) is 14.1. The van der Waals surface area contributed by atoms with Crippen LogP contribution in [0.5, 0.6) is 0 Å². The summed E-state index contributed by atoms with van der Waals surface area (Å²) in [6.07, 6.45) is 0. The van der Waals surface area contributed by atoms with Crippen molar-refractivity contribution in [3.63, 3.8) is 0 Å². The van der Waals surface area contributed by atoms with Crippen molar-refractivity contribution in [2.24, 2.45) is 0 Å². The predicted molar refractivity (Wildman–Crippen MR) is 322 cm³/mol. The lowest BCUT2D eigenvalue weighted by Crippen LogP contribution is -2.10. The van der Waals surface area contributed by atoms with E-state index < -0.39 is 36.3 Å². The molecule has 0 spiro atoms. The maximum Gasteiger partial charge on any atom is 0.238 e. The highest BCUT2D eigenvalue weighted by Crippen LogP contribution is 2.42. The number of aromatic nitrogens is 6. The van der Waals surface area contributed by atoms with Crippen LogP contribution in [0.25, 0.3) is 128 Å². The van der Waals surface area contributed by atoms with E-state index in [9.17, 15) is 0 Å². The van der Waals surface area contributed by atoms with Gasteiger partial charge in [0.1, 0.15) is 0 Å². The first-order chi connectivity index (χ1) is 41.6. The largest absolute Gasteiger partial charge is 0.309 e. The molecule has 0 bridgehead atoms. The fourth-order valence-electron chi connectivity index (χ4n) is 11.2. The van der Waals surface area contributed by atoms with Gasteiger partial charge < -0.3 is 9.13 Å². The number of rotatable bonds is 7. The van der Waals surface area contributed by atoms with E-state index in [1.165, 1.54) is 11.1 Å². The average molecular weight is 1000 g/mol. The topological polar surface area (TPSA) is 53.5 Å². The Morgan fingerprint density at radius 3 is 1.13 bits per heavy atom. The Morgan fingerprint density at radius 1 is 0.325 bits per heavy atom. The van der Waals surface area contributed by atoms with Gasteiger partial charge in [0.25, 0.3) is 0 Å². The van der Waals surface area contributed by atoms with Crippen molar-refractivity contribution in [3.8, 4) is 62.4 Å². The lowest BCUT2D eigenvalue weighted by molar-refractivity contribution is 0.591. The predicted octanol–water partition coefficient (Wildman–Crippen LogP) is 18.4. The van der Waals surface area contributed by atoms with Crippen molar-refractivity contribution in [3.05, 3.63) is 241 Å². The maximum absolute atomic E-state index is 9.03. The summed E-state index contributed by atoms with van der Waals surface area (Å²) in [5, 5.41) is 5.50. The molecule has 14 aromatic rings. The first-order valence-electron chi connectivity index (χ1n) is 30.9. The third kappa shape index (κ3) is 7.65. The number of para-hydroxylation sites is 4. The molecule has 0 fully saturated rings. The number of fused-ring (bicyclic) bond motifs is 9. The second-order valence-corrected chi connectivity index (χ2v) is 21.8. The minimum Gasteiger partial charge on any atom is -0.309 e. The quantitative estimate of drug-likeness (QED) is 0.160. The molecule has 4 aromatic heterocycles. The van der Waals surface area contributed by atoms with Crippen LogP contribution in [0.1, 0.15) is 66.4 Å². The van der Waals surface area contributed by atoms with Crippen LogP contribution in [0, 0.1) is 0 Å². The molecule has 4 heterocycles. The monoisotopic (exact) mass is 1000 g/mol. The van der Waals surface area contributed by atoms with E-state index >= 15 is 0 Å². The van der Waals surface area contributed by atoms with E-state index in [4.69, 9.17) is 28.7 Å². The highest BCUT2D eigenvalue weighted by atomic mass is 15.2. The molecule has 0 radical (unpaired) electrons. The third-order valence-electron chi connectivity index (χ3n) is 15.0. The fourth-order valence-corrected chi connectivity index (χ4v) is 11.2. The zero-order valence-corrected chi connectivity index (χ0v) is 43.3. The van der Waals surface area contributed by atoms with Crippen molar-refractivity contribution in [1.29, 1.82) is 0 Å². The van der Waals surface area contributed by atoms with Crippen LogP contribution < -0.4 is 0 Å². The minimum absolute atomic E-state index is 0.00269. The number of benzene rings is 10. The molecule has 0 unspecified atom stereocenters.